The third-order valence-corrected chi connectivity index (χ3v) is 2.54. The summed E-state index contributed by atoms with van der Waals surface area (Å²) in [5.74, 6) is 1.24. The second kappa shape index (κ2) is 6.01. The first-order valence-corrected chi connectivity index (χ1v) is 5.39. The van der Waals surface area contributed by atoms with Crippen molar-refractivity contribution < 1.29 is 4.74 Å². The molecule has 0 radical (unpaired) electrons. The van der Waals surface area contributed by atoms with Crippen molar-refractivity contribution in [1.29, 1.82) is 0 Å². The number of halogens is 3. The number of ether oxygens (including phenoxy) is 1. The zero-order valence-electron chi connectivity index (χ0n) is 8.69. The second-order valence-corrected chi connectivity index (χ2v) is 4.09. The van der Waals surface area contributed by atoms with Gasteiger partial charge in [0.2, 0.25) is 0 Å². The van der Waals surface area contributed by atoms with E-state index in [2.05, 4.69) is 0 Å². The molecule has 2 N–H and O–H groups in total. The van der Waals surface area contributed by atoms with Gasteiger partial charge in [-0.2, -0.15) is 0 Å². The lowest BCUT2D eigenvalue weighted by molar-refractivity contribution is 0.483. The molecule has 0 aromatic heterocycles. The van der Waals surface area contributed by atoms with Crippen LogP contribution in [0.25, 0.3) is 0 Å². The summed E-state index contributed by atoms with van der Waals surface area (Å²) >= 11 is 11.7. The van der Waals surface area contributed by atoms with Gasteiger partial charge in [-0.1, -0.05) is 23.2 Å². The zero-order valence-corrected chi connectivity index (χ0v) is 11.0. The fourth-order valence-electron chi connectivity index (χ4n) is 1.23. The van der Waals surface area contributed by atoms with Crippen molar-refractivity contribution in [2.45, 2.75) is 0 Å². The highest BCUT2D eigenvalue weighted by atomic mass is 35.5. The normalized spacial score (nSPS) is 9.53. The van der Waals surface area contributed by atoms with Crippen LogP contribution < -0.4 is 10.5 Å². The molecule has 0 saturated heterocycles. The Morgan fingerprint density at radius 2 is 1.59 bits per heavy atom. The van der Waals surface area contributed by atoms with E-state index in [4.69, 9.17) is 33.7 Å². The monoisotopic (exact) mass is 289 g/mol. The fourth-order valence-corrected chi connectivity index (χ4v) is 1.58. The van der Waals surface area contributed by atoms with Gasteiger partial charge in [-0.05, 0) is 42.5 Å². The maximum atomic E-state index is 5.98. The Balaban J connectivity index is 0.00000144. The van der Waals surface area contributed by atoms with Gasteiger partial charge in [-0.15, -0.1) is 12.4 Å². The van der Waals surface area contributed by atoms with Crippen LogP contribution in [-0.4, -0.2) is 0 Å². The molecule has 0 aliphatic heterocycles. The van der Waals surface area contributed by atoms with Crippen LogP contribution in [0.5, 0.6) is 11.5 Å². The number of nitrogens with two attached hydrogens (primary N) is 1. The number of nitrogen functional groups attached to an aromatic ring is 1. The molecule has 0 saturated carbocycles. The van der Waals surface area contributed by atoms with Crippen LogP contribution in [0.3, 0.4) is 0 Å². The van der Waals surface area contributed by atoms with Gasteiger partial charge in [0, 0.05) is 10.7 Å². The molecular weight excluding hydrogens is 280 g/mol. The Morgan fingerprint density at radius 1 is 0.941 bits per heavy atom. The van der Waals surface area contributed by atoms with E-state index in [-0.39, 0.29) is 12.4 Å². The average molecular weight is 291 g/mol. The van der Waals surface area contributed by atoms with Crippen molar-refractivity contribution in [1.82, 2.24) is 0 Å². The third kappa shape index (κ3) is 3.70. The smallest absolute Gasteiger partial charge is 0.146 e. The van der Waals surface area contributed by atoms with Crippen LogP contribution in [0, 0.1) is 0 Å². The van der Waals surface area contributed by atoms with E-state index in [1.54, 1.807) is 42.5 Å². The SMILES string of the molecule is Cl.Nc1ccc(Oc2ccc(Cl)cc2)c(Cl)c1. The van der Waals surface area contributed by atoms with Crippen molar-refractivity contribution in [2.24, 2.45) is 0 Å². The van der Waals surface area contributed by atoms with Gasteiger partial charge in [0.05, 0.1) is 5.02 Å². The summed E-state index contributed by atoms with van der Waals surface area (Å²) in [6, 6.07) is 12.2. The number of benzene rings is 2. The molecule has 0 bridgehead atoms. The highest BCUT2D eigenvalue weighted by molar-refractivity contribution is 6.32. The van der Waals surface area contributed by atoms with Crippen molar-refractivity contribution in [3.05, 3.63) is 52.5 Å². The highest BCUT2D eigenvalue weighted by Crippen LogP contribution is 2.31. The number of hydrogen-bond acceptors (Lipinski definition) is 2. The summed E-state index contributed by atoms with van der Waals surface area (Å²) in [5, 5.41) is 1.14. The Kier molecular flexibility index (Phi) is 4.94. The lowest BCUT2D eigenvalue weighted by atomic mass is 10.3. The highest BCUT2D eigenvalue weighted by Gasteiger charge is 2.03. The van der Waals surface area contributed by atoms with E-state index in [0.717, 1.165) is 0 Å². The van der Waals surface area contributed by atoms with Gasteiger partial charge in [-0.25, -0.2) is 0 Å². The van der Waals surface area contributed by atoms with Gasteiger partial charge >= 0.3 is 0 Å². The van der Waals surface area contributed by atoms with E-state index in [9.17, 15) is 0 Å². The molecule has 2 aromatic rings. The molecule has 2 rings (SSSR count). The molecule has 90 valence electrons. The molecule has 0 atom stereocenters. The van der Waals surface area contributed by atoms with E-state index in [0.29, 0.717) is 27.2 Å². The van der Waals surface area contributed by atoms with Crippen LogP contribution >= 0.6 is 35.6 Å². The predicted molar refractivity (Wildman–Crippen MR) is 74.6 cm³/mol. The quantitative estimate of drug-likeness (QED) is 0.807. The molecule has 2 nitrogen and oxygen atoms in total. The molecule has 0 aliphatic rings. The van der Waals surface area contributed by atoms with Crippen molar-refractivity contribution in [3.63, 3.8) is 0 Å². The molecule has 0 fully saturated rings. The second-order valence-electron chi connectivity index (χ2n) is 3.25. The molecule has 2 aromatic carbocycles. The maximum absolute atomic E-state index is 5.98. The minimum atomic E-state index is 0. The number of hydrogen-bond donors (Lipinski definition) is 1. The molecule has 0 unspecified atom stereocenters. The molecule has 17 heavy (non-hydrogen) atoms. The van der Waals surface area contributed by atoms with E-state index in [1.807, 2.05) is 0 Å². The first-order valence-electron chi connectivity index (χ1n) is 4.63. The molecule has 5 heteroatoms. The van der Waals surface area contributed by atoms with Gasteiger partial charge in [-0.3, -0.25) is 0 Å². The van der Waals surface area contributed by atoms with Gasteiger partial charge in [0.15, 0.2) is 0 Å². The first-order chi connectivity index (χ1) is 7.65. The van der Waals surface area contributed by atoms with E-state index in [1.165, 1.54) is 0 Å². The maximum Gasteiger partial charge on any atom is 0.146 e. The predicted octanol–water partition coefficient (Wildman–Crippen LogP) is 4.79. The first kappa shape index (κ1) is 14.0. The summed E-state index contributed by atoms with van der Waals surface area (Å²) in [5.41, 5.74) is 6.19. The topological polar surface area (TPSA) is 35.2 Å². The van der Waals surface area contributed by atoms with Gasteiger partial charge in [0.25, 0.3) is 0 Å². The Labute approximate surface area is 116 Å². The summed E-state index contributed by atoms with van der Waals surface area (Å²) < 4.78 is 5.57. The third-order valence-electron chi connectivity index (χ3n) is 2.00. The zero-order chi connectivity index (χ0) is 11.5. The molecule has 0 amide bonds. The largest absolute Gasteiger partial charge is 0.456 e. The minimum Gasteiger partial charge on any atom is -0.456 e. The fraction of sp³-hybridized carbons (Fsp3) is 0. The van der Waals surface area contributed by atoms with Gasteiger partial charge in [0.1, 0.15) is 11.5 Å². The van der Waals surface area contributed by atoms with Crippen LogP contribution in [0.4, 0.5) is 5.69 Å². The molecular formula is C12H10Cl3NO. The lowest BCUT2D eigenvalue weighted by Gasteiger charge is -2.07. The molecule has 0 aliphatic carbocycles. The van der Waals surface area contributed by atoms with Gasteiger partial charge < -0.3 is 10.5 Å². The Hall–Kier alpha value is -1.09. The molecule has 0 spiro atoms. The van der Waals surface area contributed by atoms with Crippen LogP contribution in [-0.2, 0) is 0 Å². The summed E-state index contributed by atoms with van der Waals surface area (Å²) in [6.07, 6.45) is 0. The summed E-state index contributed by atoms with van der Waals surface area (Å²) in [4.78, 5) is 0. The van der Waals surface area contributed by atoms with Crippen molar-refractivity contribution in [2.75, 3.05) is 5.73 Å². The van der Waals surface area contributed by atoms with E-state index < -0.39 is 0 Å². The Bertz CT molecular complexity index is 500. The minimum absolute atomic E-state index is 0. The average Bonchev–Trinajstić information content (AvgIpc) is 2.25. The number of rotatable bonds is 2. The van der Waals surface area contributed by atoms with Crippen LogP contribution in [0.15, 0.2) is 42.5 Å². The summed E-state index contributed by atoms with van der Waals surface area (Å²) in [7, 11) is 0. The lowest BCUT2D eigenvalue weighted by Crippen LogP contribution is -1.88. The number of anilines is 1. The Morgan fingerprint density at radius 3 is 2.18 bits per heavy atom. The summed E-state index contributed by atoms with van der Waals surface area (Å²) in [6.45, 7) is 0. The van der Waals surface area contributed by atoms with Crippen LogP contribution in [0.1, 0.15) is 0 Å². The van der Waals surface area contributed by atoms with Crippen LogP contribution in [0.2, 0.25) is 10.0 Å². The standard InChI is InChI=1S/C12H9Cl2NO.ClH/c13-8-1-4-10(5-2-8)16-12-6-3-9(15)7-11(12)14;/h1-7H,15H2;1H. The van der Waals surface area contributed by atoms with Crippen molar-refractivity contribution >= 4 is 41.3 Å². The van der Waals surface area contributed by atoms with Crippen molar-refractivity contribution in [3.8, 4) is 11.5 Å². The van der Waals surface area contributed by atoms with E-state index >= 15 is 0 Å². The molecule has 0 heterocycles.